The van der Waals surface area contributed by atoms with Crippen LogP contribution in [-0.4, -0.2) is 22.9 Å². The molecule has 0 saturated heterocycles. The molecule has 0 aromatic rings. The Bertz CT molecular complexity index is 490. The van der Waals surface area contributed by atoms with Crippen molar-refractivity contribution in [2.45, 2.75) is 66.4 Å². The molecule has 0 unspecified atom stereocenters. The summed E-state index contributed by atoms with van der Waals surface area (Å²) in [7, 11) is 0. The molecule has 0 radical (unpaired) electrons. The lowest BCUT2D eigenvalue weighted by molar-refractivity contribution is 0.258. The van der Waals surface area contributed by atoms with Crippen LogP contribution in [0.5, 0.6) is 0 Å². The number of hydrogen-bond acceptors (Lipinski definition) is 2. The Kier molecular flexibility index (Phi) is 7.31. The van der Waals surface area contributed by atoms with Gasteiger partial charge in [0.2, 0.25) is 0 Å². The molecule has 1 rings (SSSR count). The highest BCUT2D eigenvalue weighted by molar-refractivity contribution is 5.27. The molecule has 0 saturated carbocycles. The normalized spacial score (nSPS) is 21.6. The van der Waals surface area contributed by atoms with E-state index in [0.29, 0.717) is 0 Å². The van der Waals surface area contributed by atoms with Crippen LogP contribution in [0.1, 0.15) is 60.3 Å². The molecule has 0 amide bonds. The van der Waals surface area contributed by atoms with Crippen molar-refractivity contribution in [2.24, 2.45) is 5.41 Å². The van der Waals surface area contributed by atoms with Crippen molar-refractivity contribution in [3.8, 4) is 0 Å². The Morgan fingerprint density at radius 2 is 1.95 bits per heavy atom. The Morgan fingerprint density at radius 3 is 2.55 bits per heavy atom. The zero-order valence-electron chi connectivity index (χ0n) is 14.8. The SMILES string of the molecule is CC1=C(C/C=C(\C)[C@@H](O)/C=C/C(C)=C/CO)C(C)(C)CCC1. The molecule has 124 valence electrons. The highest BCUT2D eigenvalue weighted by Gasteiger charge is 2.27. The number of rotatable bonds is 6. The third-order valence-corrected chi connectivity index (χ3v) is 4.74. The summed E-state index contributed by atoms with van der Waals surface area (Å²) in [6.45, 7) is 10.8. The van der Waals surface area contributed by atoms with Gasteiger partial charge in [-0.15, -0.1) is 0 Å². The summed E-state index contributed by atoms with van der Waals surface area (Å²) in [4.78, 5) is 0. The van der Waals surface area contributed by atoms with Gasteiger partial charge in [-0.25, -0.2) is 0 Å². The molecule has 2 nitrogen and oxygen atoms in total. The van der Waals surface area contributed by atoms with Gasteiger partial charge in [0.15, 0.2) is 0 Å². The molecule has 0 spiro atoms. The fourth-order valence-electron chi connectivity index (χ4n) is 3.12. The summed E-state index contributed by atoms with van der Waals surface area (Å²) >= 11 is 0. The van der Waals surface area contributed by atoms with E-state index < -0.39 is 6.10 Å². The van der Waals surface area contributed by atoms with Gasteiger partial charge >= 0.3 is 0 Å². The van der Waals surface area contributed by atoms with Crippen LogP contribution in [0.25, 0.3) is 0 Å². The highest BCUT2D eigenvalue weighted by Crippen LogP contribution is 2.42. The maximum Gasteiger partial charge on any atom is 0.0932 e. The first-order chi connectivity index (χ1) is 10.3. The molecule has 0 bridgehead atoms. The topological polar surface area (TPSA) is 40.5 Å². The molecule has 22 heavy (non-hydrogen) atoms. The lowest BCUT2D eigenvalue weighted by atomic mass is 9.71. The van der Waals surface area contributed by atoms with Crippen LogP contribution in [0, 0.1) is 5.41 Å². The first-order valence-electron chi connectivity index (χ1n) is 8.27. The average Bonchev–Trinajstić information content (AvgIpc) is 2.43. The van der Waals surface area contributed by atoms with Crippen molar-refractivity contribution in [3.05, 3.63) is 46.6 Å². The molecule has 1 aliphatic rings. The summed E-state index contributed by atoms with van der Waals surface area (Å²) in [5.41, 5.74) is 5.27. The van der Waals surface area contributed by atoms with E-state index in [1.54, 1.807) is 12.2 Å². The number of allylic oxidation sites excluding steroid dienone is 5. The van der Waals surface area contributed by atoms with Gasteiger partial charge in [0.1, 0.15) is 0 Å². The lowest BCUT2D eigenvalue weighted by Crippen LogP contribution is -2.20. The minimum atomic E-state index is -0.561. The number of hydrogen-bond donors (Lipinski definition) is 2. The highest BCUT2D eigenvalue weighted by atomic mass is 16.3. The predicted molar refractivity (Wildman–Crippen MR) is 94.7 cm³/mol. The maximum atomic E-state index is 10.2. The van der Waals surface area contributed by atoms with E-state index in [4.69, 9.17) is 5.11 Å². The molecule has 0 aliphatic heterocycles. The van der Waals surface area contributed by atoms with Gasteiger partial charge in [-0.05, 0) is 57.4 Å². The predicted octanol–water partition coefficient (Wildman–Crippen LogP) is 4.71. The second-order valence-electron chi connectivity index (χ2n) is 7.08. The first-order valence-corrected chi connectivity index (χ1v) is 8.27. The maximum absolute atomic E-state index is 10.2. The lowest BCUT2D eigenvalue weighted by Gasteiger charge is -2.34. The van der Waals surface area contributed by atoms with Crippen LogP contribution in [-0.2, 0) is 0 Å². The minimum absolute atomic E-state index is 0.0314. The van der Waals surface area contributed by atoms with E-state index in [9.17, 15) is 5.11 Å². The Balaban J connectivity index is 2.75. The van der Waals surface area contributed by atoms with E-state index in [1.807, 2.05) is 19.9 Å². The minimum Gasteiger partial charge on any atom is -0.392 e. The summed E-state index contributed by atoms with van der Waals surface area (Å²) in [5, 5.41) is 19.0. The molecule has 1 aliphatic carbocycles. The summed E-state index contributed by atoms with van der Waals surface area (Å²) in [5.74, 6) is 0. The monoisotopic (exact) mass is 304 g/mol. The molecular formula is C20H32O2. The summed E-state index contributed by atoms with van der Waals surface area (Å²) < 4.78 is 0. The van der Waals surface area contributed by atoms with Gasteiger partial charge in [0.05, 0.1) is 12.7 Å². The Labute approximate surface area is 135 Å². The fraction of sp³-hybridized carbons (Fsp3) is 0.600. The van der Waals surface area contributed by atoms with E-state index in [1.165, 1.54) is 30.4 Å². The smallest absolute Gasteiger partial charge is 0.0932 e. The number of aliphatic hydroxyl groups is 2. The van der Waals surface area contributed by atoms with Crippen molar-refractivity contribution < 1.29 is 10.2 Å². The van der Waals surface area contributed by atoms with Crippen LogP contribution >= 0.6 is 0 Å². The van der Waals surface area contributed by atoms with Crippen LogP contribution in [0.15, 0.2) is 46.6 Å². The van der Waals surface area contributed by atoms with Crippen LogP contribution in [0.2, 0.25) is 0 Å². The van der Waals surface area contributed by atoms with E-state index >= 15 is 0 Å². The van der Waals surface area contributed by atoms with Gasteiger partial charge in [-0.2, -0.15) is 0 Å². The van der Waals surface area contributed by atoms with Crippen LogP contribution < -0.4 is 0 Å². The number of aliphatic hydroxyl groups excluding tert-OH is 2. The second-order valence-corrected chi connectivity index (χ2v) is 7.08. The summed E-state index contributed by atoms with van der Waals surface area (Å²) in [6, 6.07) is 0. The van der Waals surface area contributed by atoms with Gasteiger partial charge in [0.25, 0.3) is 0 Å². The van der Waals surface area contributed by atoms with Crippen molar-refractivity contribution in [3.63, 3.8) is 0 Å². The molecule has 0 fully saturated rings. The molecule has 0 aromatic heterocycles. The Hall–Kier alpha value is -1.12. The largest absolute Gasteiger partial charge is 0.392 e. The zero-order chi connectivity index (χ0) is 16.8. The molecule has 2 N–H and O–H groups in total. The van der Waals surface area contributed by atoms with Gasteiger partial charge in [0, 0.05) is 0 Å². The van der Waals surface area contributed by atoms with E-state index in [2.05, 4.69) is 26.8 Å². The third-order valence-electron chi connectivity index (χ3n) is 4.74. The van der Waals surface area contributed by atoms with Gasteiger partial charge in [-0.3, -0.25) is 0 Å². The molecule has 2 heteroatoms. The van der Waals surface area contributed by atoms with Gasteiger partial charge in [-0.1, -0.05) is 54.9 Å². The second kappa shape index (κ2) is 8.50. The van der Waals surface area contributed by atoms with Gasteiger partial charge < -0.3 is 10.2 Å². The first kappa shape index (κ1) is 18.9. The quantitative estimate of drug-likeness (QED) is 0.551. The van der Waals surface area contributed by atoms with Crippen molar-refractivity contribution >= 4 is 0 Å². The molecular weight excluding hydrogens is 272 g/mol. The Morgan fingerprint density at radius 1 is 1.27 bits per heavy atom. The van der Waals surface area contributed by atoms with Crippen LogP contribution in [0.3, 0.4) is 0 Å². The standard InChI is InChI=1S/C20H32O2/c1-15(12-14-21)8-11-19(22)17(3)9-10-18-16(2)7-6-13-20(18,4)5/h8-9,11-12,19,21-22H,6-7,10,13-14H2,1-5H3/b11-8+,15-12+,17-9+/t19-/m0/s1. The van der Waals surface area contributed by atoms with E-state index in [-0.39, 0.29) is 12.0 Å². The molecule has 0 heterocycles. The summed E-state index contributed by atoms with van der Waals surface area (Å²) in [6.07, 6.45) is 11.6. The van der Waals surface area contributed by atoms with Crippen molar-refractivity contribution in [2.75, 3.05) is 6.61 Å². The third kappa shape index (κ3) is 5.58. The van der Waals surface area contributed by atoms with Crippen LogP contribution in [0.4, 0.5) is 0 Å². The molecule has 1 atom stereocenters. The van der Waals surface area contributed by atoms with Crippen molar-refractivity contribution in [1.82, 2.24) is 0 Å². The molecule has 0 aromatic carbocycles. The fourth-order valence-corrected chi connectivity index (χ4v) is 3.12. The average molecular weight is 304 g/mol. The zero-order valence-corrected chi connectivity index (χ0v) is 14.8. The van der Waals surface area contributed by atoms with Crippen molar-refractivity contribution in [1.29, 1.82) is 0 Å². The van der Waals surface area contributed by atoms with E-state index in [0.717, 1.165) is 17.6 Å².